The number of hydrogen-bond acceptors (Lipinski definition) is 3. The van der Waals surface area contributed by atoms with Crippen molar-refractivity contribution in [3.63, 3.8) is 0 Å². The maximum absolute atomic E-state index is 13.2. The van der Waals surface area contributed by atoms with Crippen LogP contribution in [0.2, 0.25) is 0 Å². The van der Waals surface area contributed by atoms with Crippen molar-refractivity contribution in [2.45, 2.75) is 32.0 Å². The van der Waals surface area contributed by atoms with Gasteiger partial charge in [0.1, 0.15) is 5.82 Å². The molecule has 0 atom stereocenters. The Kier molecular flexibility index (Phi) is 4.32. The summed E-state index contributed by atoms with van der Waals surface area (Å²) in [6.45, 7) is 2.08. The Morgan fingerprint density at radius 1 is 1.39 bits per heavy atom. The van der Waals surface area contributed by atoms with E-state index < -0.39 is 0 Å². The molecular formula is C14H21FN2O. The Morgan fingerprint density at radius 3 is 2.72 bits per heavy atom. The summed E-state index contributed by atoms with van der Waals surface area (Å²) in [7, 11) is 2.02. The summed E-state index contributed by atoms with van der Waals surface area (Å²) >= 11 is 0. The van der Waals surface area contributed by atoms with Crippen molar-refractivity contribution in [2.24, 2.45) is 11.7 Å². The van der Waals surface area contributed by atoms with Gasteiger partial charge in [-0.2, -0.15) is 0 Å². The number of aliphatic hydroxyl groups is 1. The highest BCUT2D eigenvalue weighted by molar-refractivity contribution is 5.27. The zero-order valence-electron chi connectivity index (χ0n) is 10.8. The molecule has 0 amide bonds. The topological polar surface area (TPSA) is 49.5 Å². The SMILES string of the molecule is CN(Cc1cc(F)ccc1CN)CC1CC(O)C1. The van der Waals surface area contributed by atoms with E-state index in [-0.39, 0.29) is 11.9 Å². The summed E-state index contributed by atoms with van der Waals surface area (Å²) in [5.74, 6) is 0.356. The zero-order valence-corrected chi connectivity index (χ0v) is 10.8. The molecule has 0 saturated heterocycles. The molecule has 0 aliphatic heterocycles. The van der Waals surface area contributed by atoms with Crippen molar-refractivity contribution in [2.75, 3.05) is 13.6 Å². The zero-order chi connectivity index (χ0) is 13.1. The van der Waals surface area contributed by atoms with Crippen molar-refractivity contribution < 1.29 is 9.50 Å². The molecule has 1 aromatic rings. The van der Waals surface area contributed by atoms with E-state index in [9.17, 15) is 9.50 Å². The summed E-state index contributed by atoms with van der Waals surface area (Å²) in [6, 6.07) is 4.77. The molecule has 2 rings (SSSR count). The van der Waals surface area contributed by atoms with Crippen LogP contribution in [0.5, 0.6) is 0 Å². The Labute approximate surface area is 107 Å². The first-order valence-electron chi connectivity index (χ1n) is 6.42. The van der Waals surface area contributed by atoms with Crippen LogP contribution in [0.3, 0.4) is 0 Å². The predicted molar refractivity (Wildman–Crippen MR) is 69.4 cm³/mol. The molecule has 1 aromatic carbocycles. The molecule has 0 heterocycles. The van der Waals surface area contributed by atoms with Crippen LogP contribution in [-0.4, -0.2) is 29.7 Å². The second-order valence-electron chi connectivity index (χ2n) is 5.31. The number of aliphatic hydroxyl groups excluding tert-OH is 1. The number of benzene rings is 1. The molecular weight excluding hydrogens is 231 g/mol. The standard InChI is InChI=1S/C14H21FN2O/c1-17(8-10-4-14(18)5-10)9-12-6-13(15)3-2-11(12)7-16/h2-3,6,10,14,18H,4-5,7-9,16H2,1H3. The van der Waals surface area contributed by atoms with Crippen molar-refractivity contribution in [3.05, 3.63) is 35.1 Å². The molecule has 4 heteroatoms. The summed E-state index contributed by atoms with van der Waals surface area (Å²) in [6.07, 6.45) is 1.66. The predicted octanol–water partition coefficient (Wildman–Crippen LogP) is 1.49. The third-order valence-corrected chi connectivity index (χ3v) is 3.61. The van der Waals surface area contributed by atoms with Crippen LogP contribution in [0.4, 0.5) is 4.39 Å². The van der Waals surface area contributed by atoms with E-state index in [1.54, 1.807) is 12.1 Å². The fourth-order valence-electron chi connectivity index (χ4n) is 2.59. The molecule has 0 spiro atoms. The quantitative estimate of drug-likeness (QED) is 0.834. The molecule has 1 fully saturated rings. The lowest BCUT2D eigenvalue weighted by Crippen LogP contribution is -2.37. The van der Waals surface area contributed by atoms with Crippen molar-refractivity contribution >= 4 is 0 Å². The average molecular weight is 252 g/mol. The molecule has 0 bridgehead atoms. The van der Waals surface area contributed by atoms with Gasteiger partial charge in [-0.25, -0.2) is 4.39 Å². The van der Waals surface area contributed by atoms with Gasteiger partial charge in [0, 0.05) is 19.6 Å². The first-order valence-corrected chi connectivity index (χ1v) is 6.42. The summed E-state index contributed by atoms with van der Waals surface area (Å²) in [5, 5.41) is 9.25. The first kappa shape index (κ1) is 13.5. The average Bonchev–Trinajstić information content (AvgIpc) is 2.27. The molecule has 1 aliphatic rings. The maximum atomic E-state index is 13.2. The minimum Gasteiger partial charge on any atom is -0.393 e. The van der Waals surface area contributed by atoms with Crippen LogP contribution >= 0.6 is 0 Å². The fourth-order valence-corrected chi connectivity index (χ4v) is 2.59. The molecule has 1 aliphatic carbocycles. The lowest BCUT2D eigenvalue weighted by atomic mass is 9.82. The van der Waals surface area contributed by atoms with Gasteiger partial charge in [-0.05, 0) is 49.1 Å². The molecule has 0 radical (unpaired) electrons. The summed E-state index contributed by atoms with van der Waals surface area (Å²) < 4.78 is 13.2. The van der Waals surface area contributed by atoms with E-state index in [1.165, 1.54) is 6.07 Å². The second-order valence-corrected chi connectivity index (χ2v) is 5.31. The van der Waals surface area contributed by atoms with Gasteiger partial charge in [-0.3, -0.25) is 0 Å². The van der Waals surface area contributed by atoms with Crippen LogP contribution in [0, 0.1) is 11.7 Å². The van der Waals surface area contributed by atoms with Crippen LogP contribution in [-0.2, 0) is 13.1 Å². The fraction of sp³-hybridized carbons (Fsp3) is 0.571. The summed E-state index contributed by atoms with van der Waals surface area (Å²) in [4.78, 5) is 2.17. The lowest BCUT2D eigenvalue weighted by molar-refractivity contribution is 0.0273. The molecule has 18 heavy (non-hydrogen) atoms. The highest BCUT2D eigenvalue weighted by atomic mass is 19.1. The van der Waals surface area contributed by atoms with Gasteiger partial charge in [-0.1, -0.05) is 6.07 Å². The van der Waals surface area contributed by atoms with Gasteiger partial charge in [-0.15, -0.1) is 0 Å². The van der Waals surface area contributed by atoms with E-state index in [2.05, 4.69) is 4.90 Å². The van der Waals surface area contributed by atoms with Crippen LogP contribution in [0.25, 0.3) is 0 Å². The largest absolute Gasteiger partial charge is 0.393 e. The minimum absolute atomic E-state index is 0.114. The number of halogens is 1. The first-order chi connectivity index (χ1) is 8.58. The minimum atomic E-state index is -0.213. The van der Waals surface area contributed by atoms with Crippen molar-refractivity contribution in [3.8, 4) is 0 Å². The smallest absolute Gasteiger partial charge is 0.123 e. The van der Waals surface area contributed by atoms with E-state index in [1.807, 2.05) is 7.05 Å². The Hall–Kier alpha value is -0.970. The van der Waals surface area contributed by atoms with Gasteiger partial charge < -0.3 is 15.7 Å². The van der Waals surface area contributed by atoms with E-state index in [0.717, 1.165) is 30.5 Å². The third-order valence-electron chi connectivity index (χ3n) is 3.61. The van der Waals surface area contributed by atoms with Gasteiger partial charge in [0.25, 0.3) is 0 Å². The molecule has 1 saturated carbocycles. The van der Waals surface area contributed by atoms with Gasteiger partial charge in [0.15, 0.2) is 0 Å². The Bertz CT molecular complexity index is 405. The highest BCUT2D eigenvalue weighted by Crippen LogP contribution is 2.28. The molecule has 100 valence electrons. The monoisotopic (exact) mass is 252 g/mol. The normalized spacial score (nSPS) is 23.2. The maximum Gasteiger partial charge on any atom is 0.123 e. The Morgan fingerprint density at radius 2 is 2.11 bits per heavy atom. The summed E-state index contributed by atoms with van der Waals surface area (Å²) in [5.41, 5.74) is 7.61. The van der Waals surface area contributed by atoms with Crippen LogP contribution in [0.15, 0.2) is 18.2 Å². The number of nitrogens with two attached hydrogens (primary N) is 1. The number of nitrogens with zero attached hydrogens (tertiary/aromatic N) is 1. The second kappa shape index (κ2) is 5.78. The molecule has 0 aromatic heterocycles. The van der Waals surface area contributed by atoms with Crippen LogP contribution in [0.1, 0.15) is 24.0 Å². The van der Waals surface area contributed by atoms with Crippen molar-refractivity contribution in [1.29, 1.82) is 0 Å². The molecule has 0 unspecified atom stereocenters. The Balaban J connectivity index is 1.93. The van der Waals surface area contributed by atoms with Crippen LogP contribution < -0.4 is 5.73 Å². The molecule has 3 N–H and O–H groups in total. The third kappa shape index (κ3) is 3.28. The van der Waals surface area contributed by atoms with Crippen molar-refractivity contribution in [1.82, 2.24) is 4.90 Å². The highest BCUT2D eigenvalue weighted by Gasteiger charge is 2.27. The van der Waals surface area contributed by atoms with Gasteiger partial charge in [0.05, 0.1) is 6.10 Å². The lowest BCUT2D eigenvalue weighted by Gasteiger charge is -2.34. The number of hydrogen-bond donors (Lipinski definition) is 2. The van der Waals surface area contributed by atoms with E-state index in [0.29, 0.717) is 19.0 Å². The van der Waals surface area contributed by atoms with Gasteiger partial charge >= 0.3 is 0 Å². The van der Waals surface area contributed by atoms with E-state index in [4.69, 9.17) is 5.73 Å². The molecule has 3 nitrogen and oxygen atoms in total. The van der Waals surface area contributed by atoms with Gasteiger partial charge in [0.2, 0.25) is 0 Å². The van der Waals surface area contributed by atoms with E-state index >= 15 is 0 Å². The number of rotatable bonds is 5.